The molecule has 0 heterocycles. The van der Waals surface area contributed by atoms with Gasteiger partial charge < -0.3 is 5.32 Å². The van der Waals surface area contributed by atoms with E-state index in [1.165, 1.54) is 6.42 Å². The van der Waals surface area contributed by atoms with Gasteiger partial charge in [-0.05, 0) is 33.1 Å². The van der Waals surface area contributed by atoms with Crippen molar-refractivity contribution in [3.8, 4) is 0 Å². The van der Waals surface area contributed by atoms with Crippen LogP contribution in [0.4, 0.5) is 0 Å². The molecule has 2 atom stereocenters. The van der Waals surface area contributed by atoms with Crippen molar-refractivity contribution in [3.63, 3.8) is 0 Å². The van der Waals surface area contributed by atoms with Gasteiger partial charge in [0.1, 0.15) is 0 Å². The highest BCUT2D eigenvalue weighted by molar-refractivity contribution is 4.78. The Labute approximate surface area is 76.6 Å². The van der Waals surface area contributed by atoms with Crippen molar-refractivity contribution in [1.29, 1.82) is 0 Å². The third kappa shape index (κ3) is 6.17. The summed E-state index contributed by atoms with van der Waals surface area (Å²) in [5, 5.41) is 3.50. The molecular weight excluding hydrogens is 146 g/mol. The molecule has 0 aromatic carbocycles. The van der Waals surface area contributed by atoms with Crippen LogP contribution in [-0.4, -0.2) is 12.1 Å². The SMILES string of the molecule is C=CCCC(C)NC(C)CC=C. The lowest BCUT2D eigenvalue weighted by atomic mass is 10.1. The van der Waals surface area contributed by atoms with Crippen LogP contribution in [0.25, 0.3) is 0 Å². The summed E-state index contributed by atoms with van der Waals surface area (Å²) >= 11 is 0. The summed E-state index contributed by atoms with van der Waals surface area (Å²) in [6.45, 7) is 11.8. The zero-order valence-corrected chi connectivity index (χ0v) is 8.34. The molecule has 1 N–H and O–H groups in total. The molecule has 0 aliphatic rings. The summed E-state index contributed by atoms with van der Waals surface area (Å²) in [6.07, 6.45) is 7.23. The van der Waals surface area contributed by atoms with E-state index in [4.69, 9.17) is 0 Å². The molecule has 0 bridgehead atoms. The van der Waals surface area contributed by atoms with Crippen LogP contribution in [0.3, 0.4) is 0 Å². The average Bonchev–Trinajstić information content (AvgIpc) is 2.01. The van der Waals surface area contributed by atoms with Crippen LogP contribution < -0.4 is 5.32 Å². The van der Waals surface area contributed by atoms with E-state index >= 15 is 0 Å². The Morgan fingerprint density at radius 3 is 2.33 bits per heavy atom. The van der Waals surface area contributed by atoms with Gasteiger partial charge in [0.25, 0.3) is 0 Å². The van der Waals surface area contributed by atoms with E-state index in [-0.39, 0.29) is 0 Å². The van der Waals surface area contributed by atoms with Gasteiger partial charge in [-0.25, -0.2) is 0 Å². The number of allylic oxidation sites excluding steroid dienone is 1. The highest BCUT2D eigenvalue weighted by Crippen LogP contribution is 2.00. The zero-order chi connectivity index (χ0) is 9.40. The van der Waals surface area contributed by atoms with Gasteiger partial charge in [-0.1, -0.05) is 12.2 Å². The smallest absolute Gasteiger partial charge is 0.00756 e. The van der Waals surface area contributed by atoms with Crippen molar-refractivity contribution in [1.82, 2.24) is 5.32 Å². The average molecular weight is 167 g/mol. The molecule has 2 unspecified atom stereocenters. The van der Waals surface area contributed by atoms with E-state index in [1.54, 1.807) is 0 Å². The molecule has 0 aromatic rings. The van der Waals surface area contributed by atoms with Crippen LogP contribution in [0, 0.1) is 0 Å². The first kappa shape index (κ1) is 11.4. The van der Waals surface area contributed by atoms with E-state index in [2.05, 4.69) is 32.3 Å². The molecule has 1 nitrogen and oxygen atoms in total. The van der Waals surface area contributed by atoms with E-state index in [9.17, 15) is 0 Å². The van der Waals surface area contributed by atoms with Crippen LogP contribution in [0.2, 0.25) is 0 Å². The van der Waals surface area contributed by atoms with E-state index in [0.29, 0.717) is 12.1 Å². The molecule has 0 saturated carbocycles. The lowest BCUT2D eigenvalue weighted by Gasteiger charge is -2.18. The first-order valence-electron chi connectivity index (χ1n) is 4.68. The first-order valence-corrected chi connectivity index (χ1v) is 4.68. The Balaban J connectivity index is 3.45. The van der Waals surface area contributed by atoms with Crippen molar-refractivity contribution < 1.29 is 0 Å². The number of rotatable bonds is 7. The molecule has 0 aromatic heterocycles. The summed E-state index contributed by atoms with van der Waals surface area (Å²) < 4.78 is 0. The summed E-state index contributed by atoms with van der Waals surface area (Å²) in [6, 6.07) is 1.13. The molecule has 0 fully saturated rings. The van der Waals surface area contributed by atoms with Gasteiger partial charge in [-0.15, -0.1) is 13.2 Å². The molecule has 0 saturated heterocycles. The summed E-state index contributed by atoms with van der Waals surface area (Å²) in [4.78, 5) is 0. The van der Waals surface area contributed by atoms with Crippen LogP contribution in [0.15, 0.2) is 25.3 Å². The van der Waals surface area contributed by atoms with E-state index in [0.717, 1.165) is 12.8 Å². The molecule has 0 spiro atoms. The second kappa shape index (κ2) is 7.11. The van der Waals surface area contributed by atoms with Crippen molar-refractivity contribution >= 4 is 0 Å². The van der Waals surface area contributed by atoms with Crippen molar-refractivity contribution in [2.24, 2.45) is 0 Å². The van der Waals surface area contributed by atoms with E-state index < -0.39 is 0 Å². The first-order chi connectivity index (χ1) is 5.70. The molecule has 0 radical (unpaired) electrons. The molecule has 0 aliphatic heterocycles. The van der Waals surface area contributed by atoms with Crippen LogP contribution >= 0.6 is 0 Å². The Bertz CT molecular complexity index is 129. The number of hydrogen-bond donors (Lipinski definition) is 1. The minimum absolute atomic E-state index is 0.544. The highest BCUT2D eigenvalue weighted by Gasteiger charge is 2.03. The molecule has 1 heteroatoms. The second-order valence-corrected chi connectivity index (χ2v) is 3.36. The Morgan fingerprint density at radius 1 is 1.17 bits per heavy atom. The zero-order valence-electron chi connectivity index (χ0n) is 8.34. The quantitative estimate of drug-likeness (QED) is 0.575. The largest absolute Gasteiger partial charge is 0.311 e. The van der Waals surface area contributed by atoms with Gasteiger partial charge in [0.2, 0.25) is 0 Å². The molecule has 70 valence electrons. The molecular formula is C11H21N. The number of nitrogens with one attached hydrogen (secondary N) is 1. The highest BCUT2D eigenvalue weighted by atomic mass is 14.9. The Hall–Kier alpha value is -0.560. The van der Waals surface area contributed by atoms with Gasteiger partial charge >= 0.3 is 0 Å². The predicted molar refractivity (Wildman–Crippen MR) is 56.3 cm³/mol. The maximum atomic E-state index is 3.71. The number of hydrogen-bond acceptors (Lipinski definition) is 1. The van der Waals surface area contributed by atoms with Crippen molar-refractivity contribution in [2.45, 2.75) is 45.2 Å². The summed E-state index contributed by atoms with van der Waals surface area (Å²) in [7, 11) is 0. The van der Waals surface area contributed by atoms with Crippen LogP contribution in [0.5, 0.6) is 0 Å². The fraction of sp³-hybridized carbons (Fsp3) is 0.636. The normalized spacial score (nSPS) is 15.2. The Morgan fingerprint density at radius 2 is 1.83 bits per heavy atom. The Kier molecular flexibility index (Phi) is 6.78. The molecule has 0 rings (SSSR count). The lowest BCUT2D eigenvalue weighted by molar-refractivity contribution is 0.450. The van der Waals surface area contributed by atoms with Gasteiger partial charge in [0, 0.05) is 12.1 Å². The predicted octanol–water partition coefficient (Wildman–Crippen LogP) is 2.90. The monoisotopic (exact) mass is 167 g/mol. The standard InChI is InChI=1S/C11H21N/c1-5-7-9-11(4)12-10(3)8-6-2/h5-6,10-12H,1-2,7-9H2,3-4H3. The lowest BCUT2D eigenvalue weighted by Crippen LogP contribution is -2.33. The van der Waals surface area contributed by atoms with Gasteiger partial charge in [0.05, 0.1) is 0 Å². The topological polar surface area (TPSA) is 12.0 Å². The third-order valence-corrected chi connectivity index (χ3v) is 1.89. The van der Waals surface area contributed by atoms with Crippen molar-refractivity contribution in [2.75, 3.05) is 0 Å². The summed E-state index contributed by atoms with van der Waals surface area (Å²) in [5.41, 5.74) is 0. The molecule has 12 heavy (non-hydrogen) atoms. The van der Waals surface area contributed by atoms with E-state index in [1.807, 2.05) is 12.2 Å². The maximum Gasteiger partial charge on any atom is 0.00756 e. The van der Waals surface area contributed by atoms with Crippen LogP contribution in [-0.2, 0) is 0 Å². The molecule has 0 amide bonds. The minimum atomic E-state index is 0.544. The van der Waals surface area contributed by atoms with Gasteiger partial charge in [0.15, 0.2) is 0 Å². The molecule has 0 aliphatic carbocycles. The van der Waals surface area contributed by atoms with Gasteiger partial charge in [-0.3, -0.25) is 0 Å². The third-order valence-electron chi connectivity index (χ3n) is 1.89. The fourth-order valence-electron chi connectivity index (χ4n) is 1.25. The second-order valence-electron chi connectivity index (χ2n) is 3.36. The maximum absolute atomic E-state index is 3.71. The fourth-order valence-corrected chi connectivity index (χ4v) is 1.25. The van der Waals surface area contributed by atoms with Crippen LogP contribution in [0.1, 0.15) is 33.1 Å². The summed E-state index contributed by atoms with van der Waals surface area (Å²) in [5.74, 6) is 0. The minimum Gasteiger partial charge on any atom is -0.311 e. The van der Waals surface area contributed by atoms with Crippen molar-refractivity contribution in [3.05, 3.63) is 25.3 Å². The van der Waals surface area contributed by atoms with Gasteiger partial charge in [-0.2, -0.15) is 0 Å².